The van der Waals surface area contributed by atoms with Gasteiger partial charge in [-0.2, -0.15) is 18.4 Å². The van der Waals surface area contributed by atoms with E-state index < -0.39 is 40.6 Å². The van der Waals surface area contributed by atoms with Crippen molar-refractivity contribution in [2.24, 2.45) is 0 Å². The maximum Gasteiger partial charge on any atom is 0.420 e. The van der Waals surface area contributed by atoms with Crippen molar-refractivity contribution in [3.63, 3.8) is 0 Å². The lowest BCUT2D eigenvalue weighted by molar-refractivity contribution is -0.137. The van der Waals surface area contributed by atoms with E-state index in [-0.39, 0.29) is 11.6 Å². The second-order valence-electron chi connectivity index (χ2n) is 7.37. The minimum atomic E-state index is -4.83. The fourth-order valence-electron chi connectivity index (χ4n) is 3.33. The number of anilines is 3. The number of nitrogens with zero attached hydrogens (tertiary/aromatic N) is 7. The lowest BCUT2D eigenvalue weighted by atomic mass is 10.1. The van der Waals surface area contributed by atoms with Crippen molar-refractivity contribution < 1.29 is 18.0 Å². The Kier molecular flexibility index (Phi) is 7.75. The van der Waals surface area contributed by atoms with Gasteiger partial charge in [-0.15, -0.1) is 0 Å². The van der Waals surface area contributed by atoms with E-state index in [9.17, 15) is 18.0 Å². The fraction of sp³-hybridized carbons (Fsp3) is 0.318. The van der Waals surface area contributed by atoms with Gasteiger partial charge in [-0.25, -0.2) is 24.9 Å². The maximum absolute atomic E-state index is 13.5. The number of nitrogen functional groups attached to an aromatic ring is 1. The Morgan fingerprint density at radius 1 is 1.14 bits per heavy atom. The van der Waals surface area contributed by atoms with E-state index in [4.69, 9.17) is 11.0 Å². The van der Waals surface area contributed by atoms with E-state index in [1.165, 1.54) is 6.20 Å². The molecular weight excluding hydrogens is 463 g/mol. The molecule has 13 heteroatoms. The van der Waals surface area contributed by atoms with Crippen molar-refractivity contribution in [3.05, 3.63) is 47.8 Å². The first kappa shape index (κ1) is 25.3. The van der Waals surface area contributed by atoms with Crippen LogP contribution in [0.4, 0.5) is 30.5 Å². The van der Waals surface area contributed by atoms with Crippen molar-refractivity contribution in [1.29, 1.82) is 5.26 Å². The molecular formula is C22H22F3N9O. The Morgan fingerprint density at radius 3 is 2.49 bits per heavy atom. The Morgan fingerprint density at radius 2 is 1.86 bits per heavy atom. The van der Waals surface area contributed by atoms with E-state index >= 15 is 0 Å². The third-order valence-electron chi connectivity index (χ3n) is 4.80. The van der Waals surface area contributed by atoms with Crippen molar-refractivity contribution in [3.8, 4) is 17.5 Å². The van der Waals surface area contributed by atoms with Gasteiger partial charge in [0.05, 0.1) is 11.9 Å². The summed E-state index contributed by atoms with van der Waals surface area (Å²) < 4.78 is 40.5. The van der Waals surface area contributed by atoms with Crippen LogP contribution in [0, 0.1) is 11.3 Å². The first-order valence-electron chi connectivity index (χ1n) is 10.7. The third kappa shape index (κ3) is 5.78. The number of alkyl halides is 3. The van der Waals surface area contributed by atoms with Gasteiger partial charge in [-0.05, 0) is 25.0 Å². The second-order valence-corrected chi connectivity index (χ2v) is 7.37. The van der Waals surface area contributed by atoms with Crippen LogP contribution >= 0.6 is 0 Å². The quantitative estimate of drug-likeness (QED) is 0.488. The first-order valence-corrected chi connectivity index (χ1v) is 10.7. The average molecular weight is 485 g/mol. The number of hydrogen-bond acceptors (Lipinski definition) is 9. The van der Waals surface area contributed by atoms with Gasteiger partial charge in [0.1, 0.15) is 23.0 Å². The van der Waals surface area contributed by atoms with E-state index in [0.29, 0.717) is 11.9 Å². The van der Waals surface area contributed by atoms with Crippen LogP contribution in [-0.2, 0) is 6.18 Å². The van der Waals surface area contributed by atoms with E-state index in [1.54, 1.807) is 18.2 Å². The number of carbonyl (C=O) groups is 1. The van der Waals surface area contributed by atoms with Crippen LogP contribution in [0.15, 0.2) is 30.7 Å². The Balaban J connectivity index is 2.02. The Bertz CT molecular complexity index is 1250. The zero-order valence-electron chi connectivity index (χ0n) is 19.0. The first-order chi connectivity index (χ1) is 16.7. The number of amides is 1. The summed E-state index contributed by atoms with van der Waals surface area (Å²) in [7, 11) is 0. The molecule has 0 saturated heterocycles. The molecule has 0 aromatic carbocycles. The highest BCUT2D eigenvalue weighted by molar-refractivity contribution is 6.06. The number of carbonyl (C=O) groups excluding carboxylic acids is 1. The molecule has 0 aliphatic heterocycles. The minimum absolute atomic E-state index is 0.246. The van der Waals surface area contributed by atoms with Crippen LogP contribution in [0.5, 0.6) is 0 Å². The molecule has 0 unspecified atom stereocenters. The standard InChI is InChI=1S/C22H22F3N9O/c1-3-8-34(9-4-2)15-6-5-7-28-20(15)33-21(35)18-19(27)30-12-14(31-18)17-13(22(23,24)25)11-29-16(10-26)32-17/h5-7,11-12H,3-4,8-9H2,1-2H3,(H2,27,30)(H,28,33,35). The number of halogens is 3. The van der Waals surface area contributed by atoms with Gasteiger partial charge >= 0.3 is 6.18 Å². The van der Waals surface area contributed by atoms with Crippen LogP contribution in [0.25, 0.3) is 11.4 Å². The van der Waals surface area contributed by atoms with Crippen LogP contribution in [0.1, 0.15) is 48.6 Å². The summed E-state index contributed by atoms with van der Waals surface area (Å²) in [6.07, 6.45) is -0.168. The van der Waals surface area contributed by atoms with Crippen LogP contribution in [0.2, 0.25) is 0 Å². The van der Waals surface area contributed by atoms with Crippen molar-refractivity contribution >= 4 is 23.2 Å². The van der Waals surface area contributed by atoms with Gasteiger partial charge in [-0.3, -0.25) is 4.79 Å². The Labute approximate surface area is 199 Å². The maximum atomic E-state index is 13.5. The van der Waals surface area contributed by atoms with Gasteiger partial charge in [-0.1, -0.05) is 13.8 Å². The number of rotatable bonds is 8. The highest BCUT2D eigenvalue weighted by Gasteiger charge is 2.36. The Hall–Kier alpha value is -4.34. The lowest BCUT2D eigenvalue weighted by Crippen LogP contribution is -2.27. The molecule has 0 saturated carbocycles. The van der Waals surface area contributed by atoms with Crippen molar-refractivity contribution in [2.45, 2.75) is 32.9 Å². The molecule has 10 nitrogen and oxygen atoms in total. The largest absolute Gasteiger partial charge is 0.420 e. The summed E-state index contributed by atoms with van der Waals surface area (Å²) in [4.78, 5) is 34.2. The molecule has 1 amide bonds. The van der Waals surface area contributed by atoms with Gasteiger partial charge in [0.15, 0.2) is 17.3 Å². The van der Waals surface area contributed by atoms with Gasteiger partial charge in [0, 0.05) is 25.5 Å². The summed E-state index contributed by atoms with van der Waals surface area (Å²) >= 11 is 0. The van der Waals surface area contributed by atoms with Gasteiger partial charge in [0.25, 0.3) is 5.91 Å². The summed E-state index contributed by atoms with van der Waals surface area (Å²) in [5.41, 5.74) is 3.77. The number of pyridine rings is 1. The molecule has 0 radical (unpaired) electrons. The predicted molar refractivity (Wildman–Crippen MR) is 122 cm³/mol. The summed E-state index contributed by atoms with van der Waals surface area (Å²) in [5.74, 6) is -1.36. The van der Waals surface area contributed by atoms with Crippen LogP contribution in [0.3, 0.4) is 0 Å². The number of nitrogens with one attached hydrogen (secondary N) is 1. The zero-order valence-corrected chi connectivity index (χ0v) is 19.0. The van der Waals surface area contributed by atoms with Crippen LogP contribution < -0.4 is 16.0 Å². The molecule has 0 bridgehead atoms. The molecule has 3 N–H and O–H groups in total. The van der Waals surface area contributed by atoms with Crippen LogP contribution in [-0.4, -0.2) is 43.9 Å². The minimum Gasteiger partial charge on any atom is -0.382 e. The van der Waals surface area contributed by atoms with E-state index in [0.717, 1.165) is 32.1 Å². The molecule has 182 valence electrons. The van der Waals surface area contributed by atoms with Gasteiger partial charge in [0.2, 0.25) is 5.82 Å². The molecule has 3 aromatic heterocycles. The summed E-state index contributed by atoms with van der Waals surface area (Å²) in [5, 5.41) is 11.6. The molecule has 0 atom stereocenters. The lowest BCUT2D eigenvalue weighted by Gasteiger charge is -2.25. The van der Waals surface area contributed by atoms with E-state index in [2.05, 4.69) is 35.1 Å². The molecule has 3 aromatic rings. The highest BCUT2D eigenvalue weighted by Crippen LogP contribution is 2.35. The molecule has 0 aliphatic carbocycles. The van der Waals surface area contributed by atoms with Crippen molar-refractivity contribution in [1.82, 2.24) is 24.9 Å². The average Bonchev–Trinajstić information content (AvgIpc) is 2.83. The van der Waals surface area contributed by atoms with Gasteiger partial charge < -0.3 is 16.0 Å². The smallest absolute Gasteiger partial charge is 0.382 e. The molecule has 35 heavy (non-hydrogen) atoms. The zero-order chi connectivity index (χ0) is 25.6. The molecule has 0 aliphatic rings. The molecule has 3 rings (SSSR count). The number of nitriles is 1. The summed E-state index contributed by atoms with van der Waals surface area (Å²) in [6.45, 7) is 5.52. The fourth-order valence-corrected chi connectivity index (χ4v) is 3.33. The monoisotopic (exact) mass is 485 g/mol. The molecule has 0 spiro atoms. The SMILES string of the molecule is CCCN(CCC)c1cccnc1NC(=O)c1nc(-c2nc(C#N)ncc2C(F)(F)F)cnc1N. The number of aromatic nitrogens is 5. The number of nitrogens with two attached hydrogens (primary N) is 1. The molecule has 0 fully saturated rings. The number of hydrogen-bond donors (Lipinski definition) is 2. The normalized spacial score (nSPS) is 11.1. The topological polar surface area (TPSA) is 147 Å². The predicted octanol–water partition coefficient (Wildman–Crippen LogP) is 3.68. The molecule has 3 heterocycles. The van der Waals surface area contributed by atoms with Crippen molar-refractivity contribution in [2.75, 3.05) is 29.0 Å². The summed E-state index contributed by atoms with van der Waals surface area (Å²) in [6, 6.07) is 5.12. The second kappa shape index (κ2) is 10.7. The third-order valence-corrected chi connectivity index (χ3v) is 4.80. The van der Waals surface area contributed by atoms with E-state index in [1.807, 2.05) is 13.8 Å². The highest BCUT2D eigenvalue weighted by atomic mass is 19.4.